The normalized spacial score (nSPS) is 19.3. The molecule has 5 heteroatoms. The van der Waals surface area contributed by atoms with Crippen LogP contribution in [0.5, 0.6) is 0 Å². The van der Waals surface area contributed by atoms with E-state index in [-0.39, 0.29) is 16.7 Å². The summed E-state index contributed by atoms with van der Waals surface area (Å²) in [6.07, 6.45) is 0. The Labute approximate surface area is 154 Å². The Hall–Kier alpha value is -3.31. The molecule has 3 aromatic rings. The molecule has 0 fully saturated rings. The maximum absolute atomic E-state index is 13.4. The maximum atomic E-state index is 13.4. The van der Waals surface area contributed by atoms with Gasteiger partial charge in [0.1, 0.15) is 11.6 Å². The van der Waals surface area contributed by atoms with E-state index in [4.69, 9.17) is 4.74 Å². The summed E-state index contributed by atoms with van der Waals surface area (Å²) in [4.78, 5) is 12.7. The van der Waals surface area contributed by atoms with Gasteiger partial charge in [-0.1, -0.05) is 42.5 Å². The molecule has 0 saturated carbocycles. The molecule has 0 bridgehead atoms. The fourth-order valence-corrected chi connectivity index (χ4v) is 3.21. The lowest BCUT2D eigenvalue weighted by atomic mass is 9.87. The summed E-state index contributed by atoms with van der Waals surface area (Å²) in [5, 5.41) is 11.3. The summed E-state index contributed by atoms with van der Waals surface area (Å²) in [6.45, 7) is 0. The number of aliphatic hydroxyl groups is 1. The molecule has 1 unspecified atom stereocenters. The van der Waals surface area contributed by atoms with Gasteiger partial charge >= 0.3 is 5.97 Å². The first-order valence-electron chi connectivity index (χ1n) is 8.27. The quantitative estimate of drug-likeness (QED) is 0.706. The van der Waals surface area contributed by atoms with Crippen LogP contribution < -0.4 is 0 Å². The minimum Gasteiger partial charge on any atom is -0.421 e. The second-order valence-corrected chi connectivity index (χ2v) is 6.16. The van der Waals surface area contributed by atoms with Crippen molar-refractivity contribution in [2.45, 2.75) is 5.79 Å². The largest absolute Gasteiger partial charge is 0.421 e. The topological polar surface area (TPSA) is 46.5 Å². The molecule has 3 aromatic carbocycles. The predicted octanol–water partition coefficient (Wildman–Crippen LogP) is 4.28. The van der Waals surface area contributed by atoms with Crippen molar-refractivity contribution in [2.75, 3.05) is 0 Å². The van der Waals surface area contributed by atoms with Gasteiger partial charge < -0.3 is 9.84 Å². The summed E-state index contributed by atoms with van der Waals surface area (Å²) >= 11 is 0. The molecule has 0 saturated heterocycles. The number of hydrogen-bond donors (Lipinski definition) is 1. The molecule has 0 radical (unpaired) electrons. The van der Waals surface area contributed by atoms with Crippen LogP contribution in [-0.2, 0) is 15.3 Å². The molecule has 27 heavy (non-hydrogen) atoms. The van der Waals surface area contributed by atoms with E-state index < -0.39 is 23.4 Å². The fourth-order valence-electron chi connectivity index (χ4n) is 3.21. The highest BCUT2D eigenvalue weighted by Gasteiger charge is 2.48. The molecule has 1 heterocycles. The standard InChI is InChI=1S/C22H14F2O3/c23-17-10-6-15(7-11-17)20-19(14-4-2-1-3-5-14)21(25)27-22(20,26)16-8-12-18(24)13-9-16/h1-13,26H. The lowest BCUT2D eigenvalue weighted by Gasteiger charge is -2.25. The number of carbonyl (C=O) groups excluding carboxylic acids is 1. The number of esters is 1. The van der Waals surface area contributed by atoms with Gasteiger partial charge in [-0.3, -0.25) is 0 Å². The summed E-state index contributed by atoms with van der Waals surface area (Å²) < 4.78 is 32.1. The van der Waals surface area contributed by atoms with Crippen LogP contribution in [-0.4, -0.2) is 11.1 Å². The van der Waals surface area contributed by atoms with E-state index in [0.717, 1.165) is 0 Å². The number of halogens is 2. The number of carbonyl (C=O) groups is 1. The van der Waals surface area contributed by atoms with E-state index in [9.17, 15) is 18.7 Å². The number of rotatable bonds is 3. The zero-order valence-electron chi connectivity index (χ0n) is 14.0. The van der Waals surface area contributed by atoms with Gasteiger partial charge in [-0.25, -0.2) is 13.6 Å². The van der Waals surface area contributed by atoms with Crippen molar-refractivity contribution in [3.05, 3.63) is 107 Å². The van der Waals surface area contributed by atoms with Gasteiger partial charge in [-0.05, 0) is 47.5 Å². The van der Waals surface area contributed by atoms with E-state index in [1.807, 2.05) is 0 Å². The molecular weight excluding hydrogens is 350 g/mol. The van der Waals surface area contributed by atoms with E-state index in [1.165, 1.54) is 48.5 Å². The zero-order valence-corrected chi connectivity index (χ0v) is 14.0. The van der Waals surface area contributed by atoms with Gasteiger partial charge in [0.2, 0.25) is 0 Å². The molecule has 3 nitrogen and oxygen atoms in total. The smallest absolute Gasteiger partial charge is 0.342 e. The molecule has 0 spiro atoms. The minimum absolute atomic E-state index is 0.175. The second-order valence-electron chi connectivity index (χ2n) is 6.16. The molecule has 0 amide bonds. The first kappa shape index (κ1) is 17.1. The van der Waals surface area contributed by atoms with E-state index in [2.05, 4.69) is 0 Å². The molecular formula is C22H14F2O3. The molecule has 1 N–H and O–H groups in total. The zero-order chi connectivity index (χ0) is 19.0. The molecule has 1 aliphatic heterocycles. The average Bonchev–Trinajstić information content (AvgIpc) is 2.95. The van der Waals surface area contributed by atoms with Crippen molar-refractivity contribution in [2.24, 2.45) is 0 Å². The third-order valence-electron chi connectivity index (χ3n) is 4.46. The van der Waals surface area contributed by atoms with Crippen LogP contribution in [0.1, 0.15) is 16.7 Å². The van der Waals surface area contributed by atoms with Crippen molar-refractivity contribution in [3.63, 3.8) is 0 Å². The summed E-state index contributed by atoms with van der Waals surface area (Å²) in [6, 6.07) is 19.2. The van der Waals surface area contributed by atoms with Crippen LogP contribution >= 0.6 is 0 Å². The van der Waals surface area contributed by atoms with Gasteiger partial charge in [0, 0.05) is 5.56 Å². The van der Waals surface area contributed by atoms with Gasteiger partial charge in [-0.15, -0.1) is 0 Å². The first-order chi connectivity index (χ1) is 13.0. The number of benzene rings is 3. The highest BCUT2D eigenvalue weighted by molar-refractivity contribution is 6.28. The van der Waals surface area contributed by atoms with Gasteiger partial charge in [0.15, 0.2) is 0 Å². The Morgan fingerprint density at radius 2 is 1.30 bits per heavy atom. The molecule has 4 rings (SSSR count). The van der Waals surface area contributed by atoms with Crippen LogP contribution in [0.3, 0.4) is 0 Å². The Bertz CT molecular complexity index is 1030. The lowest BCUT2D eigenvalue weighted by molar-refractivity contribution is -0.178. The fraction of sp³-hybridized carbons (Fsp3) is 0.0455. The van der Waals surface area contributed by atoms with E-state index in [0.29, 0.717) is 11.1 Å². The summed E-state index contributed by atoms with van der Waals surface area (Å²) in [5.74, 6) is -3.76. The lowest BCUT2D eigenvalue weighted by Crippen LogP contribution is -2.28. The van der Waals surface area contributed by atoms with Gasteiger partial charge in [-0.2, -0.15) is 0 Å². The summed E-state index contributed by atoms with van der Waals surface area (Å²) in [7, 11) is 0. The maximum Gasteiger partial charge on any atom is 0.342 e. The van der Waals surface area contributed by atoms with Gasteiger partial charge in [0.25, 0.3) is 5.79 Å². The average molecular weight is 364 g/mol. The molecule has 134 valence electrons. The van der Waals surface area contributed by atoms with Crippen LogP contribution in [0, 0.1) is 11.6 Å². The number of hydrogen-bond acceptors (Lipinski definition) is 3. The van der Waals surface area contributed by atoms with Crippen LogP contribution in [0.25, 0.3) is 11.1 Å². The third kappa shape index (κ3) is 2.92. The van der Waals surface area contributed by atoms with Crippen LogP contribution in [0.4, 0.5) is 8.78 Å². The summed E-state index contributed by atoms with van der Waals surface area (Å²) in [5.41, 5.74) is 1.54. The Balaban J connectivity index is 1.99. The van der Waals surface area contributed by atoms with Crippen LogP contribution in [0.15, 0.2) is 78.9 Å². The van der Waals surface area contributed by atoms with Crippen LogP contribution in [0.2, 0.25) is 0 Å². The Morgan fingerprint density at radius 3 is 1.89 bits per heavy atom. The predicted molar refractivity (Wildman–Crippen MR) is 96.0 cm³/mol. The third-order valence-corrected chi connectivity index (χ3v) is 4.46. The van der Waals surface area contributed by atoms with E-state index in [1.54, 1.807) is 30.3 Å². The monoisotopic (exact) mass is 364 g/mol. The molecule has 1 atom stereocenters. The van der Waals surface area contributed by atoms with Crippen molar-refractivity contribution in [1.29, 1.82) is 0 Å². The van der Waals surface area contributed by atoms with Crippen molar-refractivity contribution >= 4 is 17.1 Å². The van der Waals surface area contributed by atoms with E-state index >= 15 is 0 Å². The number of ether oxygens (including phenoxy) is 1. The molecule has 0 aromatic heterocycles. The Kier molecular flexibility index (Phi) is 4.09. The second kappa shape index (κ2) is 6.45. The van der Waals surface area contributed by atoms with Crippen molar-refractivity contribution < 1.29 is 23.4 Å². The SMILES string of the molecule is O=C1OC(O)(c2ccc(F)cc2)C(c2ccc(F)cc2)=C1c1ccccc1. The van der Waals surface area contributed by atoms with Gasteiger partial charge in [0.05, 0.1) is 11.1 Å². The minimum atomic E-state index is -2.12. The first-order valence-corrected chi connectivity index (χ1v) is 8.27. The molecule has 1 aliphatic rings. The number of cyclic esters (lactones) is 1. The van der Waals surface area contributed by atoms with Crippen molar-refractivity contribution in [1.82, 2.24) is 0 Å². The Morgan fingerprint density at radius 1 is 0.741 bits per heavy atom. The highest BCUT2D eigenvalue weighted by atomic mass is 19.1. The van der Waals surface area contributed by atoms with Crippen molar-refractivity contribution in [3.8, 4) is 0 Å². The molecule has 0 aliphatic carbocycles. The highest BCUT2D eigenvalue weighted by Crippen LogP contribution is 2.48.